The average molecular weight is 362 g/mol. The van der Waals surface area contributed by atoms with Crippen LogP contribution >= 0.6 is 0 Å². The van der Waals surface area contributed by atoms with Gasteiger partial charge in [0.25, 0.3) is 5.91 Å². The van der Waals surface area contributed by atoms with E-state index >= 15 is 0 Å². The smallest absolute Gasteiger partial charge is 0.287 e. The number of aromatic nitrogens is 2. The largest absolute Gasteiger partial charge is 0.294 e. The predicted octanol–water partition coefficient (Wildman–Crippen LogP) is 2.50. The van der Waals surface area contributed by atoms with Crippen molar-refractivity contribution in [2.75, 3.05) is 0 Å². The lowest BCUT2D eigenvalue weighted by Gasteiger charge is -2.06. The lowest BCUT2D eigenvalue weighted by molar-refractivity contribution is -0.121. The van der Waals surface area contributed by atoms with E-state index in [0.29, 0.717) is 11.3 Å². The third-order valence-corrected chi connectivity index (χ3v) is 3.88. The van der Waals surface area contributed by atoms with Crippen molar-refractivity contribution in [3.05, 3.63) is 78.0 Å². The van der Waals surface area contributed by atoms with E-state index in [1.165, 1.54) is 0 Å². The summed E-state index contributed by atoms with van der Waals surface area (Å²) in [7, 11) is 0. The van der Waals surface area contributed by atoms with Gasteiger partial charge in [0.2, 0.25) is 5.91 Å². The number of ketones is 1. The van der Waals surface area contributed by atoms with Crippen molar-refractivity contribution in [2.45, 2.75) is 12.8 Å². The van der Waals surface area contributed by atoms with Crippen LogP contribution < -0.4 is 10.9 Å². The number of nitrogens with one attached hydrogen (secondary N) is 3. The summed E-state index contributed by atoms with van der Waals surface area (Å²) >= 11 is 0. The van der Waals surface area contributed by atoms with Crippen LogP contribution in [0.1, 0.15) is 33.7 Å². The van der Waals surface area contributed by atoms with Gasteiger partial charge in [-0.25, -0.2) is 0 Å². The van der Waals surface area contributed by atoms with Gasteiger partial charge in [0.15, 0.2) is 5.78 Å². The highest BCUT2D eigenvalue weighted by atomic mass is 16.2. The van der Waals surface area contributed by atoms with E-state index in [1.807, 2.05) is 36.4 Å². The van der Waals surface area contributed by atoms with Gasteiger partial charge in [-0.3, -0.25) is 30.3 Å². The zero-order chi connectivity index (χ0) is 19.1. The number of aromatic amines is 1. The van der Waals surface area contributed by atoms with Crippen molar-refractivity contribution in [1.82, 2.24) is 21.0 Å². The maximum absolute atomic E-state index is 12.1. The van der Waals surface area contributed by atoms with Crippen LogP contribution in [0.4, 0.5) is 0 Å². The molecular formula is C20H18N4O3. The van der Waals surface area contributed by atoms with Gasteiger partial charge in [0.05, 0.1) is 5.69 Å². The Morgan fingerprint density at radius 2 is 1.52 bits per heavy atom. The van der Waals surface area contributed by atoms with E-state index in [0.717, 1.165) is 5.56 Å². The molecule has 7 heteroatoms. The molecule has 2 amide bonds. The van der Waals surface area contributed by atoms with Crippen LogP contribution in [0.2, 0.25) is 0 Å². The Kier molecular flexibility index (Phi) is 5.73. The quantitative estimate of drug-likeness (QED) is 0.463. The monoisotopic (exact) mass is 362 g/mol. The van der Waals surface area contributed by atoms with Gasteiger partial charge in [0, 0.05) is 24.0 Å². The maximum Gasteiger partial charge on any atom is 0.287 e. The van der Waals surface area contributed by atoms with Crippen LogP contribution in [0.25, 0.3) is 11.3 Å². The molecule has 1 aromatic heterocycles. The number of hydrazine groups is 1. The third-order valence-electron chi connectivity index (χ3n) is 3.88. The number of benzene rings is 2. The summed E-state index contributed by atoms with van der Waals surface area (Å²) in [5.41, 5.74) is 6.87. The number of H-pyrrole nitrogens is 1. The Morgan fingerprint density at radius 1 is 0.852 bits per heavy atom. The molecule has 3 aromatic rings. The second-order valence-corrected chi connectivity index (χ2v) is 5.82. The highest BCUT2D eigenvalue weighted by Gasteiger charge is 2.13. The summed E-state index contributed by atoms with van der Waals surface area (Å²) in [6.45, 7) is 0. The molecule has 3 rings (SSSR count). The van der Waals surface area contributed by atoms with Gasteiger partial charge in [-0.05, 0) is 6.07 Å². The SMILES string of the molecule is O=C(CCC(=O)c1ccccc1)NNC(=O)c1cc(-c2ccccc2)n[nH]1. The van der Waals surface area contributed by atoms with E-state index < -0.39 is 11.8 Å². The molecule has 7 nitrogen and oxygen atoms in total. The standard InChI is InChI=1S/C20H18N4O3/c25-18(15-9-5-2-6-10-15)11-12-19(26)23-24-20(27)17-13-16(21-22-17)14-7-3-1-4-8-14/h1-10,13H,11-12H2,(H,21,22)(H,23,26)(H,24,27). The van der Waals surface area contributed by atoms with Gasteiger partial charge >= 0.3 is 0 Å². The highest BCUT2D eigenvalue weighted by molar-refractivity contribution is 5.98. The average Bonchev–Trinajstić information content (AvgIpc) is 3.22. The normalized spacial score (nSPS) is 10.2. The molecule has 0 spiro atoms. The Hall–Kier alpha value is -3.74. The Balaban J connectivity index is 1.47. The number of hydrogen-bond acceptors (Lipinski definition) is 4. The topological polar surface area (TPSA) is 104 Å². The van der Waals surface area contributed by atoms with Crippen LogP contribution in [0.15, 0.2) is 66.7 Å². The Labute approximate surface area is 155 Å². The molecule has 0 aliphatic heterocycles. The molecule has 0 aliphatic carbocycles. The fourth-order valence-electron chi connectivity index (χ4n) is 2.45. The first-order valence-corrected chi connectivity index (χ1v) is 8.42. The van der Waals surface area contributed by atoms with E-state index in [-0.39, 0.29) is 24.3 Å². The summed E-state index contributed by atoms with van der Waals surface area (Å²) < 4.78 is 0. The van der Waals surface area contributed by atoms with Crippen LogP contribution in [-0.4, -0.2) is 27.8 Å². The fourth-order valence-corrected chi connectivity index (χ4v) is 2.45. The zero-order valence-corrected chi connectivity index (χ0v) is 14.4. The lowest BCUT2D eigenvalue weighted by Crippen LogP contribution is -2.41. The second-order valence-electron chi connectivity index (χ2n) is 5.82. The van der Waals surface area contributed by atoms with E-state index in [9.17, 15) is 14.4 Å². The molecule has 0 bridgehead atoms. The molecule has 27 heavy (non-hydrogen) atoms. The van der Waals surface area contributed by atoms with Crippen molar-refractivity contribution in [1.29, 1.82) is 0 Å². The fraction of sp³-hybridized carbons (Fsp3) is 0.100. The van der Waals surface area contributed by atoms with E-state index in [4.69, 9.17) is 0 Å². The summed E-state index contributed by atoms with van der Waals surface area (Å²) in [6, 6.07) is 19.7. The summed E-state index contributed by atoms with van der Waals surface area (Å²) in [5, 5.41) is 6.72. The van der Waals surface area contributed by atoms with Crippen molar-refractivity contribution in [3.8, 4) is 11.3 Å². The highest BCUT2D eigenvalue weighted by Crippen LogP contribution is 2.16. The minimum Gasteiger partial charge on any atom is -0.294 e. The minimum absolute atomic E-state index is 0.0216. The molecule has 0 aliphatic rings. The molecular weight excluding hydrogens is 344 g/mol. The molecule has 0 radical (unpaired) electrons. The van der Waals surface area contributed by atoms with Crippen LogP contribution in [0, 0.1) is 0 Å². The van der Waals surface area contributed by atoms with Crippen molar-refractivity contribution in [3.63, 3.8) is 0 Å². The lowest BCUT2D eigenvalue weighted by atomic mass is 10.1. The molecule has 0 saturated heterocycles. The molecule has 0 fully saturated rings. The minimum atomic E-state index is -0.521. The van der Waals surface area contributed by atoms with Crippen molar-refractivity contribution in [2.24, 2.45) is 0 Å². The van der Waals surface area contributed by atoms with Gasteiger partial charge in [0.1, 0.15) is 5.69 Å². The number of hydrogen-bond donors (Lipinski definition) is 3. The maximum atomic E-state index is 12.1. The summed E-state index contributed by atoms with van der Waals surface area (Å²) in [6.07, 6.45) is 0.0418. The number of amides is 2. The molecule has 0 unspecified atom stereocenters. The Morgan fingerprint density at radius 3 is 2.22 bits per heavy atom. The zero-order valence-electron chi connectivity index (χ0n) is 14.4. The van der Waals surface area contributed by atoms with Crippen LogP contribution in [0.3, 0.4) is 0 Å². The molecule has 0 saturated carbocycles. The predicted molar refractivity (Wildman–Crippen MR) is 99.6 cm³/mol. The first-order valence-electron chi connectivity index (χ1n) is 8.42. The molecule has 136 valence electrons. The van der Waals surface area contributed by atoms with Crippen LogP contribution in [0.5, 0.6) is 0 Å². The number of nitrogens with zero attached hydrogens (tertiary/aromatic N) is 1. The van der Waals surface area contributed by atoms with E-state index in [1.54, 1.807) is 30.3 Å². The van der Waals surface area contributed by atoms with Crippen molar-refractivity contribution >= 4 is 17.6 Å². The summed E-state index contributed by atoms with van der Waals surface area (Å²) in [5.74, 6) is -1.10. The van der Waals surface area contributed by atoms with E-state index in [2.05, 4.69) is 21.0 Å². The number of carbonyl (C=O) groups excluding carboxylic acids is 3. The Bertz CT molecular complexity index is 936. The first-order chi connectivity index (χ1) is 13.1. The summed E-state index contributed by atoms with van der Waals surface area (Å²) in [4.78, 5) is 35.9. The molecule has 3 N–H and O–H groups in total. The van der Waals surface area contributed by atoms with Gasteiger partial charge in [-0.1, -0.05) is 60.7 Å². The number of rotatable bonds is 6. The third kappa shape index (κ3) is 4.88. The molecule has 2 aromatic carbocycles. The number of Topliss-reactive ketones (excluding diaryl/α,β-unsaturated/α-hetero) is 1. The second kappa shape index (κ2) is 8.57. The van der Waals surface area contributed by atoms with Crippen molar-refractivity contribution < 1.29 is 14.4 Å². The molecule has 0 atom stereocenters. The van der Waals surface area contributed by atoms with Gasteiger partial charge in [-0.2, -0.15) is 5.10 Å². The molecule has 1 heterocycles. The van der Waals surface area contributed by atoms with Gasteiger partial charge in [-0.15, -0.1) is 0 Å². The number of carbonyl (C=O) groups is 3. The first kappa shape index (κ1) is 18.1. The van der Waals surface area contributed by atoms with Crippen LogP contribution in [-0.2, 0) is 4.79 Å². The van der Waals surface area contributed by atoms with Gasteiger partial charge < -0.3 is 0 Å².